The maximum absolute atomic E-state index is 12.7. The van der Waals surface area contributed by atoms with Gasteiger partial charge in [-0.05, 0) is 49.3 Å². The quantitative estimate of drug-likeness (QED) is 0.629. The Morgan fingerprint density at radius 3 is 2.52 bits per heavy atom. The molecule has 1 saturated carbocycles. The predicted octanol–water partition coefficient (Wildman–Crippen LogP) is 4.77. The van der Waals surface area contributed by atoms with Gasteiger partial charge in [-0.2, -0.15) is 0 Å². The van der Waals surface area contributed by atoms with Crippen LogP contribution in [0.5, 0.6) is 11.6 Å². The maximum Gasteiger partial charge on any atom is 0.413 e. The van der Waals surface area contributed by atoms with Crippen LogP contribution in [0, 0.1) is 5.92 Å². The third-order valence-corrected chi connectivity index (χ3v) is 7.65. The first kappa shape index (κ1) is 23.5. The summed E-state index contributed by atoms with van der Waals surface area (Å²) >= 11 is 1.53. The van der Waals surface area contributed by atoms with Crippen LogP contribution in [0.4, 0.5) is 4.79 Å². The van der Waals surface area contributed by atoms with E-state index in [4.69, 9.17) is 9.47 Å². The zero-order valence-corrected chi connectivity index (χ0v) is 20.1. The fourth-order valence-corrected chi connectivity index (χ4v) is 5.56. The summed E-state index contributed by atoms with van der Waals surface area (Å²) in [6.07, 6.45) is 7.90. The van der Waals surface area contributed by atoms with Gasteiger partial charge in [0.2, 0.25) is 11.8 Å². The molecule has 1 aliphatic carbocycles. The molecule has 178 valence electrons. The molecule has 0 spiro atoms. The van der Waals surface area contributed by atoms with E-state index in [1.807, 2.05) is 29.2 Å². The Morgan fingerprint density at radius 1 is 1.09 bits per heavy atom. The number of hydrogen-bond acceptors (Lipinski definition) is 6. The van der Waals surface area contributed by atoms with E-state index in [1.165, 1.54) is 43.4 Å². The largest absolute Gasteiger partial charge is 0.497 e. The molecule has 2 aromatic rings. The van der Waals surface area contributed by atoms with E-state index < -0.39 is 6.09 Å². The highest BCUT2D eigenvalue weighted by atomic mass is 32.1. The van der Waals surface area contributed by atoms with Crippen LogP contribution in [0.1, 0.15) is 61.4 Å². The third-order valence-electron chi connectivity index (χ3n) is 6.67. The minimum absolute atomic E-state index is 0.149. The van der Waals surface area contributed by atoms with Crippen molar-refractivity contribution in [2.45, 2.75) is 57.3 Å². The lowest BCUT2D eigenvalue weighted by Gasteiger charge is -2.31. The second-order valence-corrected chi connectivity index (χ2v) is 9.87. The zero-order valence-electron chi connectivity index (χ0n) is 19.3. The number of carbonyl (C=O) groups is 2. The number of nitrogens with one attached hydrogen (secondary N) is 1. The summed E-state index contributed by atoms with van der Waals surface area (Å²) in [5.74, 6) is 2.17. The average molecular weight is 472 g/mol. The molecule has 0 radical (unpaired) electrons. The molecule has 2 amide bonds. The first-order valence-corrected chi connectivity index (χ1v) is 12.8. The van der Waals surface area contributed by atoms with Gasteiger partial charge in [-0.1, -0.05) is 31.4 Å². The summed E-state index contributed by atoms with van der Waals surface area (Å²) in [7, 11) is 1.63. The molecular formula is C25H33N3O4S. The lowest BCUT2D eigenvalue weighted by molar-refractivity contribution is -0.131. The molecule has 4 rings (SSSR count). The van der Waals surface area contributed by atoms with Crippen LogP contribution >= 0.6 is 11.3 Å². The second kappa shape index (κ2) is 11.5. The molecule has 0 atom stereocenters. The molecule has 2 heterocycles. The molecule has 7 nitrogen and oxygen atoms in total. The molecule has 1 aromatic carbocycles. The van der Waals surface area contributed by atoms with Crippen molar-refractivity contribution in [3.05, 3.63) is 40.2 Å². The number of thiazole rings is 1. The average Bonchev–Trinajstić information content (AvgIpc) is 3.32. The lowest BCUT2D eigenvalue weighted by atomic mass is 9.89. The molecule has 0 unspecified atom stereocenters. The molecule has 1 aromatic heterocycles. The van der Waals surface area contributed by atoms with Gasteiger partial charge in [0.25, 0.3) is 0 Å². The summed E-state index contributed by atoms with van der Waals surface area (Å²) in [4.78, 5) is 31.3. The van der Waals surface area contributed by atoms with E-state index in [1.54, 1.807) is 12.5 Å². The van der Waals surface area contributed by atoms with Crippen LogP contribution in [0.2, 0.25) is 0 Å². The van der Waals surface area contributed by atoms with Crippen molar-refractivity contribution < 1.29 is 19.1 Å². The molecule has 2 fully saturated rings. The normalized spacial score (nSPS) is 17.5. The van der Waals surface area contributed by atoms with Crippen molar-refractivity contribution in [3.63, 3.8) is 0 Å². The Balaban J connectivity index is 1.20. The fourth-order valence-electron chi connectivity index (χ4n) is 4.66. The summed E-state index contributed by atoms with van der Waals surface area (Å²) in [5.41, 5.74) is 0.992. The van der Waals surface area contributed by atoms with E-state index in [2.05, 4.69) is 10.3 Å². The Labute approximate surface area is 199 Å². The van der Waals surface area contributed by atoms with Gasteiger partial charge in [0.05, 0.1) is 23.9 Å². The highest BCUT2D eigenvalue weighted by molar-refractivity contribution is 7.09. The van der Waals surface area contributed by atoms with E-state index in [0.717, 1.165) is 42.3 Å². The van der Waals surface area contributed by atoms with Crippen molar-refractivity contribution in [2.75, 3.05) is 26.7 Å². The molecule has 1 N–H and O–H groups in total. The van der Waals surface area contributed by atoms with Crippen LogP contribution in [0.3, 0.4) is 0 Å². The maximum atomic E-state index is 12.7. The Bertz CT molecular complexity index is 916. The number of likely N-dealkylation sites (tertiary alicyclic amines) is 1. The van der Waals surface area contributed by atoms with Crippen LogP contribution in [0.25, 0.3) is 0 Å². The molecule has 0 bridgehead atoms. The van der Waals surface area contributed by atoms with Gasteiger partial charge >= 0.3 is 6.09 Å². The summed E-state index contributed by atoms with van der Waals surface area (Å²) in [6, 6.07) is 7.64. The highest BCUT2D eigenvalue weighted by Crippen LogP contribution is 2.32. The predicted molar refractivity (Wildman–Crippen MR) is 128 cm³/mol. The smallest absolute Gasteiger partial charge is 0.413 e. The molecule has 2 aliphatic rings. The number of rotatable bonds is 7. The van der Waals surface area contributed by atoms with Crippen LogP contribution < -0.4 is 14.8 Å². The summed E-state index contributed by atoms with van der Waals surface area (Å²) < 4.78 is 10.6. The van der Waals surface area contributed by atoms with Gasteiger partial charge in [0.15, 0.2) is 0 Å². The number of piperidine rings is 1. The zero-order chi connectivity index (χ0) is 23.0. The molecule has 1 saturated heterocycles. The Morgan fingerprint density at radius 2 is 1.82 bits per heavy atom. The topological polar surface area (TPSA) is 80.8 Å². The Kier molecular flexibility index (Phi) is 8.20. The van der Waals surface area contributed by atoms with Crippen molar-refractivity contribution in [1.82, 2.24) is 15.2 Å². The fraction of sp³-hybridized carbons (Fsp3) is 0.560. The van der Waals surface area contributed by atoms with Gasteiger partial charge in [-0.3, -0.25) is 4.79 Å². The molecule has 8 heteroatoms. The van der Waals surface area contributed by atoms with Crippen molar-refractivity contribution in [2.24, 2.45) is 5.92 Å². The first-order valence-electron chi connectivity index (χ1n) is 11.9. The van der Waals surface area contributed by atoms with Crippen molar-refractivity contribution in [3.8, 4) is 11.6 Å². The second-order valence-electron chi connectivity index (χ2n) is 8.98. The van der Waals surface area contributed by atoms with Gasteiger partial charge in [-0.25, -0.2) is 9.78 Å². The minimum Gasteiger partial charge on any atom is -0.497 e. The monoisotopic (exact) mass is 471 g/mol. The number of aromatic nitrogens is 1. The number of amides is 2. The van der Waals surface area contributed by atoms with Crippen molar-refractivity contribution in [1.29, 1.82) is 0 Å². The third kappa shape index (κ3) is 6.69. The molecular weight excluding hydrogens is 438 g/mol. The first-order chi connectivity index (χ1) is 16.1. The van der Waals surface area contributed by atoms with Crippen LogP contribution in [0.15, 0.2) is 29.6 Å². The van der Waals surface area contributed by atoms with Gasteiger partial charge < -0.3 is 19.7 Å². The number of benzene rings is 1. The van der Waals surface area contributed by atoms with Gasteiger partial charge in [0.1, 0.15) is 5.75 Å². The summed E-state index contributed by atoms with van der Waals surface area (Å²) in [6.45, 7) is 2.12. The van der Waals surface area contributed by atoms with E-state index in [9.17, 15) is 9.59 Å². The van der Waals surface area contributed by atoms with Gasteiger partial charge in [0, 0.05) is 25.6 Å². The highest BCUT2D eigenvalue weighted by Gasteiger charge is 2.26. The van der Waals surface area contributed by atoms with E-state index in [-0.39, 0.29) is 5.91 Å². The van der Waals surface area contributed by atoms with Gasteiger partial charge in [-0.15, -0.1) is 11.3 Å². The number of methoxy groups -OCH3 is 1. The molecule has 1 aliphatic heterocycles. The SMILES string of the molecule is COc1ccc(CC(=O)N2CCC(c3nc(OC(=O)NCC4CCCCC4)cs3)CC2)cc1. The number of hydrogen-bond donors (Lipinski definition) is 1. The van der Waals surface area contributed by atoms with Crippen LogP contribution in [-0.4, -0.2) is 48.6 Å². The van der Waals surface area contributed by atoms with Crippen molar-refractivity contribution >= 4 is 23.3 Å². The van der Waals surface area contributed by atoms with Crippen LogP contribution in [-0.2, 0) is 11.2 Å². The van der Waals surface area contributed by atoms with E-state index in [0.29, 0.717) is 30.7 Å². The Hall–Kier alpha value is -2.61. The number of ether oxygens (including phenoxy) is 2. The van der Waals surface area contributed by atoms with E-state index >= 15 is 0 Å². The summed E-state index contributed by atoms with van der Waals surface area (Å²) in [5, 5.41) is 5.67. The number of nitrogens with zero attached hydrogens (tertiary/aromatic N) is 2. The standard InChI is InChI=1S/C25H33N3O4S/c1-31-21-9-7-18(8-10-21)15-23(29)28-13-11-20(12-14-28)24-27-22(17-33-24)32-25(30)26-16-19-5-3-2-4-6-19/h7-10,17,19-20H,2-6,11-16H2,1H3,(H,26,30). The molecule has 33 heavy (non-hydrogen) atoms. The lowest BCUT2D eigenvalue weighted by Crippen LogP contribution is -2.38. The number of carbonyl (C=O) groups excluding carboxylic acids is 2. The minimum atomic E-state index is -0.420.